The van der Waals surface area contributed by atoms with Crippen molar-refractivity contribution in [3.05, 3.63) is 108 Å². The lowest BCUT2D eigenvalue weighted by molar-refractivity contribution is 0.0697. The van der Waals surface area contributed by atoms with Gasteiger partial charge in [-0.05, 0) is 72.6 Å². The number of sulfonamides is 1. The predicted octanol–water partition coefficient (Wildman–Crippen LogP) is 5.91. The van der Waals surface area contributed by atoms with E-state index < -0.39 is 16.0 Å². The van der Waals surface area contributed by atoms with Crippen molar-refractivity contribution in [2.24, 2.45) is 0 Å². The van der Waals surface area contributed by atoms with E-state index in [0.717, 1.165) is 9.69 Å². The zero-order valence-corrected chi connectivity index (χ0v) is 21.5. The largest absolute Gasteiger partial charge is 0.497 e. The lowest BCUT2D eigenvalue weighted by Crippen LogP contribution is -2.32. The lowest BCUT2D eigenvalue weighted by atomic mass is 10.0. The molecule has 192 valence electrons. The second kappa shape index (κ2) is 10.0. The molecule has 0 fully saturated rings. The van der Waals surface area contributed by atoms with Crippen molar-refractivity contribution in [1.29, 1.82) is 0 Å². The highest BCUT2D eigenvalue weighted by molar-refractivity contribution is 7.92. The number of aromatic carboxylic acids is 1. The van der Waals surface area contributed by atoms with Gasteiger partial charge in [-0.25, -0.2) is 13.2 Å². The van der Waals surface area contributed by atoms with E-state index in [4.69, 9.17) is 9.15 Å². The Hall–Kier alpha value is -4.63. The van der Waals surface area contributed by atoms with Gasteiger partial charge in [0.2, 0.25) is 0 Å². The number of rotatable bonds is 8. The molecule has 2 aromatic heterocycles. The number of ether oxygens (including phenoxy) is 1. The van der Waals surface area contributed by atoms with Crippen LogP contribution >= 0.6 is 0 Å². The first-order valence-corrected chi connectivity index (χ1v) is 13.1. The molecule has 1 N–H and O–H groups in total. The van der Waals surface area contributed by atoms with Gasteiger partial charge in [0.05, 0.1) is 29.8 Å². The number of carbonyl (C=O) groups is 1. The van der Waals surface area contributed by atoms with Crippen LogP contribution in [0, 0.1) is 6.92 Å². The van der Waals surface area contributed by atoms with Gasteiger partial charge in [-0.1, -0.05) is 24.3 Å². The number of pyridine rings is 1. The van der Waals surface area contributed by atoms with Crippen LogP contribution in [0.4, 0.5) is 5.69 Å². The molecular formula is C29H24N2O6S. The Labute approximate surface area is 219 Å². The van der Waals surface area contributed by atoms with E-state index in [-0.39, 0.29) is 22.7 Å². The summed E-state index contributed by atoms with van der Waals surface area (Å²) in [5.41, 5.74) is 2.16. The maximum absolute atomic E-state index is 14.0. The predicted molar refractivity (Wildman–Crippen MR) is 144 cm³/mol. The number of aryl methyl sites for hydroxylation is 1. The molecule has 38 heavy (non-hydrogen) atoms. The van der Waals surface area contributed by atoms with Crippen molar-refractivity contribution in [2.75, 3.05) is 11.4 Å². The number of fused-ring (bicyclic) bond motifs is 1. The third-order valence-corrected chi connectivity index (χ3v) is 7.95. The van der Waals surface area contributed by atoms with Crippen LogP contribution in [-0.2, 0) is 16.6 Å². The third-order valence-electron chi connectivity index (χ3n) is 6.19. The fourth-order valence-electron chi connectivity index (χ4n) is 4.36. The number of furan rings is 1. The topological polar surface area (TPSA) is 110 Å². The van der Waals surface area contributed by atoms with Crippen LogP contribution in [0.2, 0.25) is 0 Å². The number of benzene rings is 3. The number of carboxylic acids is 1. The van der Waals surface area contributed by atoms with Crippen molar-refractivity contribution in [3.8, 4) is 17.1 Å². The minimum Gasteiger partial charge on any atom is -0.497 e. The van der Waals surface area contributed by atoms with Gasteiger partial charge in [0.1, 0.15) is 17.1 Å². The van der Waals surface area contributed by atoms with Gasteiger partial charge in [-0.15, -0.1) is 0 Å². The summed E-state index contributed by atoms with van der Waals surface area (Å²) < 4.78 is 40.2. The van der Waals surface area contributed by atoms with Crippen LogP contribution in [-0.4, -0.2) is 31.6 Å². The van der Waals surface area contributed by atoms with Crippen molar-refractivity contribution in [1.82, 2.24) is 4.98 Å². The summed E-state index contributed by atoms with van der Waals surface area (Å²) in [5, 5.41) is 11.1. The van der Waals surface area contributed by atoms with Crippen LogP contribution in [0.3, 0.4) is 0 Å². The van der Waals surface area contributed by atoms with Crippen molar-refractivity contribution in [2.45, 2.75) is 18.4 Å². The molecule has 0 saturated heterocycles. The molecule has 0 unspecified atom stereocenters. The highest BCUT2D eigenvalue weighted by atomic mass is 32.2. The smallest absolute Gasteiger partial charge is 0.337 e. The Kier molecular flexibility index (Phi) is 6.61. The average molecular weight is 529 g/mol. The van der Waals surface area contributed by atoms with Gasteiger partial charge in [-0.3, -0.25) is 9.29 Å². The summed E-state index contributed by atoms with van der Waals surface area (Å²) in [6, 6.07) is 21.9. The molecule has 0 saturated carbocycles. The normalized spacial score (nSPS) is 11.4. The summed E-state index contributed by atoms with van der Waals surface area (Å²) in [5.74, 6) is -0.275. The molecule has 2 heterocycles. The molecule has 3 aromatic carbocycles. The number of nitrogens with zero attached hydrogens (tertiary/aromatic N) is 2. The van der Waals surface area contributed by atoms with Crippen molar-refractivity contribution < 1.29 is 27.5 Å². The number of hydrogen-bond acceptors (Lipinski definition) is 6. The number of para-hydroxylation sites is 1. The van der Waals surface area contributed by atoms with Crippen LogP contribution < -0.4 is 9.04 Å². The zero-order valence-electron chi connectivity index (χ0n) is 20.7. The molecule has 0 atom stereocenters. The molecule has 0 aliphatic carbocycles. The molecule has 0 aliphatic heterocycles. The highest BCUT2D eigenvalue weighted by Crippen LogP contribution is 2.37. The Balaban J connectivity index is 1.69. The Morgan fingerprint density at radius 3 is 2.45 bits per heavy atom. The number of aromatic nitrogens is 1. The molecular weight excluding hydrogens is 504 g/mol. The molecule has 0 radical (unpaired) electrons. The van der Waals surface area contributed by atoms with Crippen molar-refractivity contribution >= 4 is 32.6 Å². The van der Waals surface area contributed by atoms with Gasteiger partial charge < -0.3 is 14.3 Å². The molecule has 8 nitrogen and oxygen atoms in total. The minimum absolute atomic E-state index is 0.000658. The summed E-state index contributed by atoms with van der Waals surface area (Å²) in [6.07, 6.45) is 3.14. The van der Waals surface area contributed by atoms with Crippen LogP contribution in [0.15, 0.2) is 101 Å². The summed E-state index contributed by atoms with van der Waals surface area (Å²) in [4.78, 5) is 16.6. The minimum atomic E-state index is -4.19. The Bertz CT molecular complexity index is 1700. The fraction of sp³-hybridized carbons (Fsp3) is 0.103. The first kappa shape index (κ1) is 25.0. The molecule has 0 aliphatic rings. The molecule has 5 aromatic rings. The Morgan fingerprint density at radius 1 is 1.03 bits per heavy atom. The van der Waals surface area contributed by atoms with E-state index >= 15 is 0 Å². The fourth-order valence-corrected chi connectivity index (χ4v) is 5.89. The highest BCUT2D eigenvalue weighted by Gasteiger charge is 2.31. The zero-order chi connectivity index (χ0) is 26.9. The van der Waals surface area contributed by atoms with E-state index in [1.165, 1.54) is 25.3 Å². The monoisotopic (exact) mass is 528 g/mol. The van der Waals surface area contributed by atoms with E-state index in [2.05, 4.69) is 4.98 Å². The van der Waals surface area contributed by atoms with Gasteiger partial charge in [0.15, 0.2) is 0 Å². The second-order valence-corrected chi connectivity index (χ2v) is 10.6. The van der Waals surface area contributed by atoms with Crippen LogP contribution in [0.5, 0.6) is 5.75 Å². The van der Waals surface area contributed by atoms with Crippen LogP contribution in [0.1, 0.15) is 21.5 Å². The maximum Gasteiger partial charge on any atom is 0.337 e. The molecule has 0 bridgehead atoms. The van der Waals surface area contributed by atoms with E-state index in [0.29, 0.717) is 33.8 Å². The first-order chi connectivity index (χ1) is 18.3. The van der Waals surface area contributed by atoms with E-state index in [9.17, 15) is 18.3 Å². The maximum atomic E-state index is 14.0. The SMILES string of the molecule is COc1ccc(S(=O)(=O)N(Cc2cccnc2)c2c(C)cc(-c3cc4ccccc4o3)cc2C(=O)O)cc1. The molecule has 0 amide bonds. The van der Waals surface area contributed by atoms with E-state index in [1.807, 2.05) is 30.3 Å². The Morgan fingerprint density at radius 2 is 1.79 bits per heavy atom. The number of anilines is 1. The molecule has 5 rings (SSSR count). The first-order valence-electron chi connectivity index (χ1n) is 11.7. The quantitative estimate of drug-likeness (QED) is 0.267. The lowest BCUT2D eigenvalue weighted by Gasteiger charge is -2.28. The number of methoxy groups -OCH3 is 1. The second-order valence-electron chi connectivity index (χ2n) is 8.69. The summed E-state index contributed by atoms with van der Waals surface area (Å²) in [6.45, 7) is 1.57. The third kappa shape index (κ3) is 4.71. The summed E-state index contributed by atoms with van der Waals surface area (Å²) in [7, 11) is -2.70. The average Bonchev–Trinajstić information content (AvgIpc) is 3.36. The van der Waals surface area contributed by atoms with Gasteiger partial charge in [0, 0.05) is 23.3 Å². The van der Waals surface area contributed by atoms with Gasteiger partial charge in [0.25, 0.3) is 10.0 Å². The molecule has 0 spiro atoms. The standard InChI is InChI=1S/C29H24N2O6S/c1-19-14-22(27-16-21-7-3-4-8-26(21)37-27)15-25(29(32)33)28(19)31(18-20-6-5-13-30-17-20)38(34,35)24-11-9-23(36-2)10-12-24/h3-17H,18H2,1-2H3,(H,32,33). The van der Waals surface area contributed by atoms with Gasteiger partial charge in [-0.2, -0.15) is 0 Å². The van der Waals surface area contributed by atoms with Crippen LogP contribution in [0.25, 0.3) is 22.3 Å². The van der Waals surface area contributed by atoms with E-state index in [1.54, 1.807) is 49.6 Å². The van der Waals surface area contributed by atoms with Gasteiger partial charge >= 0.3 is 5.97 Å². The number of carboxylic acid groups (broad SMARTS) is 1. The molecule has 9 heteroatoms. The van der Waals surface area contributed by atoms with Crippen molar-refractivity contribution in [3.63, 3.8) is 0 Å². The summed E-state index contributed by atoms with van der Waals surface area (Å²) >= 11 is 0. The number of hydrogen-bond donors (Lipinski definition) is 1.